The van der Waals surface area contributed by atoms with Gasteiger partial charge in [0.05, 0.1) is 23.2 Å². The van der Waals surface area contributed by atoms with Crippen LogP contribution in [-0.2, 0) is 16.6 Å². The maximum absolute atomic E-state index is 14.3. The maximum Gasteiger partial charge on any atom is 0.228 e. The molecule has 198 valence electrons. The van der Waals surface area contributed by atoms with E-state index in [1.54, 1.807) is 0 Å². The Kier molecular flexibility index (Phi) is 8.19. The van der Waals surface area contributed by atoms with Crippen molar-refractivity contribution < 1.29 is 13.6 Å². The smallest absolute Gasteiger partial charge is 0.228 e. The fourth-order valence-electron chi connectivity index (χ4n) is 5.38. The number of aromatic nitrogens is 4. The van der Waals surface area contributed by atoms with Crippen LogP contribution in [0.5, 0.6) is 0 Å². The van der Waals surface area contributed by atoms with E-state index in [0.29, 0.717) is 23.3 Å². The molecule has 0 atom stereocenters. The molecule has 0 bridgehead atoms. The molecule has 1 aliphatic rings. The molecule has 2 aromatic carbocycles. The van der Waals surface area contributed by atoms with Gasteiger partial charge in [-0.1, -0.05) is 57.9 Å². The molecule has 7 nitrogen and oxygen atoms in total. The van der Waals surface area contributed by atoms with Crippen LogP contribution in [0.3, 0.4) is 0 Å². The molecule has 3 aromatic rings. The number of benzene rings is 2. The zero-order valence-electron chi connectivity index (χ0n) is 22.0. The largest absolute Gasteiger partial charge is 0.369 e. The predicted molar refractivity (Wildman–Crippen MR) is 140 cm³/mol. The van der Waals surface area contributed by atoms with E-state index in [-0.39, 0.29) is 23.3 Å². The molecule has 4 rings (SSSR count). The van der Waals surface area contributed by atoms with Crippen molar-refractivity contribution in [2.45, 2.75) is 65.2 Å². The van der Waals surface area contributed by atoms with E-state index in [4.69, 9.17) is 0 Å². The Labute approximate surface area is 217 Å². The summed E-state index contributed by atoms with van der Waals surface area (Å²) in [5.74, 6) is -0.278. The van der Waals surface area contributed by atoms with Gasteiger partial charge in [0, 0.05) is 19.2 Å². The third kappa shape index (κ3) is 6.14. The van der Waals surface area contributed by atoms with Crippen molar-refractivity contribution >= 4 is 17.3 Å². The molecule has 0 spiro atoms. The molecule has 0 unspecified atom stereocenters. The molecule has 0 saturated heterocycles. The zero-order valence-corrected chi connectivity index (χ0v) is 22.0. The highest BCUT2D eigenvalue weighted by Crippen LogP contribution is 2.46. The van der Waals surface area contributed by atoms with Crippen LogP contribution in [0.4, 0.5) is 20.2 Å². The lowest BCUT2D eigenvalue weighted by Gasteiger charge is -2.32. The van der Waals surface area contributed by atoms with Crippen molar-refractivity contribution in [1.82, 2.24) is 20.6 Å². The van der Waals surface area contributed by atoms with Crippen LogP contribution in [0.2, 0.25) is 0 Å². The fourth-order valence-corrected chi connectivity index (χ4v) is 5.38. The Morgan fingerprint density at radius 1 is 1.05 bits per heavy atom. The number of tetrazole rings is 1. The van der Waals surface area contributed by atoms with Crippen molar-refractivity contribution in [1.29, 1.82) is 0 Å². The van der Waals surface area contributed by atoms with Crippen LogP contribution in [0.1, 0.15) is 70.3 Å². The Morgan fingerprint density at radius 3 is 2.35 bits per heavy atom. The highest BCUT2D eigenvalue weighted by atomic mass is 19.1. The summed E-state index contributed by atoms with van der Waals surface area (Å²) in [4.78, 5) is 15.4. The molecule has 9 heteroatoms. The Balaban J connectivity index is 1.73. The van der Waals surface area contributed by atoms with Crippen molar-refractivity contribution in [2.24, 2.45) is 11.8 Å². The monoisotopic (exact) mass is 510 g/mol. The zero-order chi connectivity index (χ0) is 26.6. The lowest BCUT2D eigenvalue weighted by Crippen LogP contribution is -2.33. The number of halogens is 2. The second kappa shape index (κ2) is 11.4. The fraction of sp³-hybridized carbons (Fsp3) is 0.500. The van der Waals surface area contributed by atoms with E-state index < -0.39 is 11.6 Å². The van der Waals surface area contributed by atoms with Gasteiger partial charge in [-0.3, -0.25) is 4.79 Å². The summed E-state index contributed by atoms with van der Waals surface area (Å²) >= 11 is 0. The first-order valence-electron chi connectivity index (χ1n) is 13.0. The number of hydrogen-bond donors (Lipinski definition) is 2. The third-order valence-corrected chi connectivity index (χ3v) is 6.93. The predicted octanol–water partition coefficient (Wildman–Crippen LogP) is 5.64. The van der Waals surface area contributed by atoms with Gasteiger partial charge in [0.15, 0.2) is 5.82 Å². The van der Waals surface area contributed by atoms with Crippen molar-refractivity contribution in [2.75, 3.05) is 23.3 Å². The number of aromatic amines is 1. The van der Waals surface area contributed by atoms with Gasteiger partial charge in [0.25, 0.3) is 0 Å². The molecule has 1 fully saturated rings. The Hall–Kier alpha value is -3.36. The number of nitrogens with one attached hydrogen (secondary N) is 2. The van der Waals surface area contributed by atoms with Crippen LogP contribution >= 0.6 is 0 Å². The summed E-state index contributed by atoms with van der Waals surface area (Å²) in [6, 6.07) is 9.48. The number of hydrogen-bond acceptors (Lipinski definition) is 5. The minimum Gasteiger partial charge on any atom is -0.369 e. The SMILES string of the molecule is CC(C)CN(CC(C)C)c1ccc(C2(c3nn[nH]n3)CCCC2)cc1NC(=O)Cc1ccc(F)cc1F. The normalized spacial score (nSPS) is 14.9. The lowest BCUT2D eigenvalue weighted by molar-refractivity contribution is -0.115. The standard InChI is InChI=1S/C28H36F2N6O/c1-18(2)16-36(17-19(3)4)25-10-8-21(28(11-5-6-12-28)27-32-34-35-33-27)14-24(25)31-26(37)13-20-7-9-22(29)15-23(20)30/h7-10,14-15,18-19H,5-6,11-13,16-17H2,1-4H3,(H,31,37)(H,32,33,34,35). The lowest BCUT2D eigenvalue weighted by atomic mass is 9.78. The minimum atomic E-state index is -0.729. The first-order valence-corrected chi connectivity index (χ1v) is 13.0. The van der Waals surface area contributed by atoms with Crippen LogP contribution < -0.4 is 10.2 Å². The van der Waals surface area contributed by atoms with Gasteiger partial charge in [-0.15, -0.1) is 10.2 Å². The molecule has 1 aliphatic carbocycles. The van der Waals surface area contributed by atoms with Crippen LogP contribution in [-0.4, -0.2) is 39.6 Å². The first-order chi connectivity index (χ1) is 17.7. The number of anilines is 2. The van der Waals surface area contributed by atoms with Crippen LogP contribution in [0.15, 0.2) is 36.4 Å². The quantitative estimate of drug-likeness (QED) is 0.369. The highest BCUT2D eigenvalue weighted by molar-refractivity contribution is 5.96. The minimum absolute atomic E-state index is 0.150. The van der Waals surface area contributed by atoms with Gasteiger partial charge in [0.1, 0.15) is 11.6 Å². The van der Waals surface area contributed by atoms with Crippen molar-refractivity contribution in [3.8, 4) is 0 Å². The third-order valence-electron chi connectivity index (χ3n) is 6.93. The molecule has 0 radical (unpaired) electrons. The average Bonchev–Trinajstić information content (AvgIpc) is 3.53. The number of H-pyrrole nitrogens is 1. The summed E-state index contributed by atoms with van der Waals surface area (Å²) in [5.41, 5.74) is 2.38. The van der Waals surface area contributed by atoms with E-state index in [1.165, 1.54) is 12.1 Å². The van der Waals surface area contributed by atoms with Crippen LogP contribution in [0.25, 0.3) is 0 Å². The van der Waals surface area contributed by atoms with E-state index in [0.717, 1.165) is 56.1 Å². The molecule has 1 amide bonds. The molecular formula is C28H36F2N6O. The van der Waals surface area contributed by atoms with Gasteiger partial charge < -0.3 is 10.2 Å². The maximum atomic E-state index is 14.3. The second-order valence-corrected chi connectivity index (χ2v) is 10.9. The number of carbonyl (C=O) groups is 1. The summed E-state index contributed by atoms with van der Waals surface area (Å²) in [5, 5.41) is 18.1. The highest BCUT2D eigenvalue weighted by Gasteiger charge is 2.41. The summed E-state index contributed by atoms with van der Waals surface area (Å²) in [6.45, 7) is 10.3. The molecule has 1 aromatic heterocycles. The molecule has 1 heterocycles. The van der Waals surface area contributed by atoms with Gasteiger partial charge in [-0.05, 0) is 54.0 Å². The van der Waals surface area contributed by atoms with E-state index in [9.17, 15) is 13.6 Å². The summed E-state index contributed by atoms with van der Waals surface area (Å²) < 4.78 is 27.6. The molecule has 1 saturated carbocycles. The van der Waals surface area contributed by atoms with Crippen molar-refractivity contribution in [3.63, 3.8) is 0 Å². The van der Waals surface area contributed by atoms with Crippen LogP contribution in [0, 0.1) is 23.5 Å². The summed E-state index contributed by atoms with van der Waals surface area (Å²) in [6.07, 6.45) is 3.69. The van der Waals surface area contributed by atoms with Gasteiger partial charge in [0.2, 0.25) is 5.91 Å². The summed E-state index contributed by atoms with van der Waals surface area (Å²) in [7, 11) is 0. The topological polar surface area (TPSA) is 86.8 Å². The van der Waals surface area contributed by atoms with Gasteiger partial charge in [-0.25, -0.2) is 8.78 Å². The van der Waals surface area contributed by atoms with E-state index in [1.807, 2.05) is 6.07 Å². The van der Waals surface area contributed by atoms with Gasteiger partial charge >= 0.3 is 0 Å². The average molecular weight is 511 g/mol. The number of amides is 1. The van der Waals surface area contributed by atoms with Gasteiger partial charge in [-0.2, -0.15) is 5.21 Å². The molecule has 37 heavy (non-hydrogen) atoms. The second-order valence-electron chi connectivity index (χ2n) is 10.9. The first kappa shape index (κ1) is 26.7. The Morgan fingerprint density at radius 2 is 1.76 bits per heavy atom. The van der Waals surface area contributed by atoms with E-state index >= 15 is 0 Å². The van der Waals surface area contributed by atoms with Crippen molar-refractivity contribution in [3.05, 3.63) is 65.0 Å². The number of carbonyl (C=O) groups excluding carboxylic acids is 1. The molecular weight excluding hydrogens is 474 g/mol. The molecule has 2 N–H and O–H groups in total. The number of rotatable bonds is 10. The van der Waals surface area contributed by atoms with E-state index in [2.05, 4.69) is 70.7 Å². The molecule has 0 aliphatic heterocycles. The number of nitrogens with zero attached hydrogens (tertiary/aromatic N) is 4. The Bertz CT molecular complexity index is 1200.